The van der Waals surface area contributed by atoms with E-state index in [2.05, 4.69) is 9.97 Å². The van der Waals surface area contributed by atoms with Gasteiger partial charge in [-0.3, -0.25) is 9.78 Å². The second kappa shape index (κ2) is 7.16. The lowest BCUT2D eigenvalue weighted by molar-refractivity contribution is 0.0467. The molecule has 0 radical (unpaired) electrons. The van der Waals surface area contributed by atoms with Gasteiger partial charge in [-0.15, -0.1) is 0 Å². The number of Topliss-reactive ketones (excluding diaryl/α,β-unsaturated/α-hetero) is 1. The van der Waals surface area contributed by atoms with Crippen LogP contribution >= 0.6 is 0 Å². The lowest BCUT2D eigenvalue weighted by atomic mass is 10.1. The molecule has 0 aliphatic rings. The van der Waals surface area contributed by atoms with Gasteiger partial charge in [-0.2, -0.15) is 0 Å². The summed E-state index contributed by atoms with van der Waals surface area (Å²) < 4.78 is 15.1. The molecule has 0 fully saturated rings. The van der Waals surface area contributed by atoms with Gasteiger partial charge in [0.1, 0.15) is 11.5 Å². The van der Waals surface area contributed by atoms with Crippen LogP contribution in [0.3, 0.4) is 0 Å². The van der Waals surface area contributed by atoms with Gasteiger partial charge in [0.15, 0.2) is 12.3 Å². The van der Waals surface area contributed by atoms with Crippen LogP contribution in [-0.4, -0.2) is 42.5 Å². The van der Waals surface area contributed by atoms with Crippen LogP contribution in [-0.2, 0) is 4.74 Å². The molecule has 7 heteroatoms. The number of ketones is 1. The van der Waals surface area contributed by atoms with Crippen molar-refractivity contribution in [2.75, 3.05) is 20.8 Å². The van der Waals surface area contributed by atoms with E-state index in [1.807, 2.05) is 0 Å². The topological polar surface area (TPSA) is 87.6 Å². The summed E-state index contributed by atoms with van der Waals surface area (Å²) in [6, 6.07) is 4.80. The molecule has 2 aromatic rings. The summed E-state index contributed by atoms with van der Waals surface area (Å²) in [5.74, 6) is -0.248. The molecule has 0 amide bonds. The molecule has 22 heavy (non-hydrogen) atoms. The zero-order valence-corrected chi connectivity index (χ0v) is 12.1. The molecule has 1 aromatic heterocycles. The molecule has 0 unspecified atom stereocenters. The summed E-state index contributed by atoms with van der Waals surface area (Å²) in [5.41, 5.74) is 0.307. The zero-order valence-electron chi connectivity index (χ0n) is 12.1. The van der Waals surface area contributed by atoms with Crippen molar-refractivity contribution in [3.63, 3.8) is 0 Å². The van der Waals surface area contributed by atoms with E-state index in [0.717, 1.165) is 0 Å². The normalized spacial score (nSPS) is 9.91. The summed E-state index contributed by atoms with van der Waals surface area (Å²) in [6.45, 7) is -0.432. The second-order valence-corrected chi connectivity index (χ2v) is 4.16. The standard InChI is InChI=1S/C15H14N2O5/c1-20-10-3-4-14(21-2)11(7-10)13(18)9-22-15(19)12-8-16-5-6-17-12/h3-8H,9H2,1-2H3. The fraction of sp³-hybridized carbons (Fsp3) is 0.200. The number of esters is 1. The minimum Gasteiger partial charge on any atom is -0.497 e. The van der Waals surface area contributed by atoms with Crippen LogP contribution in [0.15, 0.2) is 36.8 Å². The first-order chi connectivity index (χ1) is 10.7. The minimum absolute atomic E-state index is 0.0351. The number of rotatable bonds is 6. The first kappa shape index (κ1) is 15.4. The Bertz CT molecular complexity index is 673. The van der Waals surface area contributed by atoms with Gasteiger partial charge >= 0.3 is 5.97 Å². The van der Waals surface area contributed by atoms with Gasteiger partial charge in [0.25, 0.3) is 0 Å². The van der Waals surface area contributed by atoms with Crippen molar-refractivity contribution in [3.05, 3.63) is 48.0 Å². The maximum absolute atomic E-state index is 12.2. The van der Waals surface area contributed by atoms with Crippen molar-refractivity contribution in [2.45, 2.75) is 0 Å². The van der Waals surface area contributed by atoms with Crippen LogP contribution in [0.5, 0.6) is 11.5 Å². The third-order valence-corrected chi connectivity index (χ3v) is 2.81. The van der Waals surface area contributed by atoms with E-state index >= 15 is 0 Å². The third-order valence-electron chi connectivity index (χ3n) is 2.81. The third kappa shape index (κ3) is 3.57. The number of hydrogen-bond donors (Lipinski definition) is 0. The molecule has 0 bridgehead atoms. The van der Waals surface area contributed by atoms with E-state index in [4.69, 9.17) is 14.2 Å². The molecule has 0 spiro atoms. The molecule has 1 heterocycles. The largest absolute Gasteiger partial charge is 0.497 e. The minimum atomic E-state index is -0.719. The van der Waals surface area contributed by atoms with E-state index in [1.165, 1.54) is 38.9 Å². The van der Waals surface area contributed by atoms with Gasteiger partial charge in [0, 0.05) is 12.4 Å². The predicted molar refractivity (Wildman–Crippen MR) is 76.2 cm³/mol. The van der Waals surface area contributed by atoms with Gasteiger partial charge in [-0.05, 0) is 18.2 Å². The molecule has 0 N–H and O–H groups in total. The van der Waals surface area contributed by atoms with Gasteiger partial charge in [-0.25, -0.2) is 9.78 Å². The van der Waals surface area contributed by atoms with Crippen LogP contribution in [0.25, 0.3) is 0 Å². The molecule has 1 aromatic carbocycles. The quantitative estimate of drug-likeness (QED) is 0.590. The molecule has 2 rings (SSSR count). The number of methoxy groups -OCH3 is 2. The highest BCUT2D eigenvalue weighted by atomic mass is 16.5. The Kier molecular flexibility index (Phi) is 5.02. The fourth-order valence-electron chi connectivity index (χ4n) is 1.72. The Hall–Kier alpha value is -2.96. The fourth-order valence-corrected chi connectivity index (χ4v) is 1.72. The molecule has 114 valence electrons. The molecular weight excluding hydrogens is 288 g/mol. The van der Waals surface area contributed by atoms with Crippen LogP contribution in [0.4, 0.5) is 0 Å². The van der Waals surface area contributed by atoms with Crippen LogP contribution in [0.1, 0.15) is 20.8 Å². The van der Waals surface area contributed by atoms with E-state index in [0.29, 0.717) is 11.5 Å². The van der Waals surface area contributed by atoms with Crippen molar-refractivity contribution in [1.82, 2.24) is 9.97 Å². The van der Waals surface area contributed by atoms with Crippen molar-refractivity contribution >= 4 is 11.8 Å². The van der Waals surface area contributed by atoms with E-state index < -0.39 is 18.4 Å². The maximum Gasteiger partial charge on any atom is 0.358 e. The number of carbonyl (C=O) groups is 2. The molecule has 0 saturated carbocycles. The monoisotopic (exact) mass is 302 g/mol. The Morgan fingerprint density at radius 3 is 2.59 bits per heavy atom. The van der Waals surface area contributed by atoms with Gasteiger partial charge in [-0.1, -0.05) is 0 Å². The molecule has 0 saturated heterocycles. The average Bonchev–Trinajstić information content (AvgIpc) is 2.59. The van der Waals surface area contributed by atoms with Crippen LogP contribution < -0.4 is 9.47 Å². The first-order valence-corrected chi connectivity index (χ1v) is 6.34. The number of ether oxygens (including phenoxy) is 3. The number of carbonyl (C=O) groups excluding carboxylic acids is 2. The van der Waals surface area contributed by atoms with Crippen LogP contribution in [0.2, 0.25) is 0 Å². The van der Waals surface area contributed by atoms with Crippen molar-refractivity contribution in [2.24, 2.45) is 0 Å². The number of nitrogens with zero attached hydrogens (tertiary/aromatic N) is 2. The first-order valence-electron chi connectivity index (χ1n) is 6.34. The molecule has 0 atom stereocenters. The van der Waals surface area contributed by atoms with Gasteiger partial charge in [0.05, 0.1) is 26.0 Å². The van der Waals surface area contributed by atoms with Crippen molar-refractivity contribution < 1.29 is 23.8 Å². The molecular formula is C15H14N2O5. The summed E-state index contributed by atoms with van der Waals surface area (Å²) in [7, 11) is 2.94. The summed E-state index contributed by atoms with van der Waals surface area (Å²) in [5, 5.41) is 0. The smallest absolute Gasteiger partial charge is 0.358 e. The number of benzene rings is 1. The Morgan fingerprint density at radius 2 is 1.95 bits per heavy atom. The zero-order chi connectivity index (χ0) is 15.9. The Balaban J connectivity index is 2.08. The number of aromatic nitrogens is 2. The second-order valence-electron chi connectivity index (χ2n) is 4.16. The summed E-state index contributed by atoms with van der Waals surface area (Å²) >= 11 is 0. The highest BCUT2D eigenvalue weighted by molar-refractivity contribution is 6.01. The predicted octanol–water partition coefficient (Wildman–Crippen LogP) is 1.53. The highest BCUT2D eigenvalue weighted by Crippen LogP contribution is 2.24. The van der Waals surface area contributed by atoms with E-state index in [-0.39, 0.29) is 11.3 Å². The van der Waals surface area contributed by atoms with Crippen molar-refractivity contribution in [3.8, 4) is 11.5 Å². The van der Waals surface area contributed by atoms with Crippen molar-refractivity contribution in [1.29, 1.82) is 0 Å². The average molecular weight is 302 g/mol. The van der Waals surface area contributed by atoms with E-state index in [1.54, 1.807) is 12.1 Å². The lowest BCUT2D eigenvalue weighted by Crippen LogP contribution is -2.16. The SMILES string of the molecule is COc1ccc(OC)c(C(=O)COC(=O)c2cnccn2)c1. The van der Waals surface area contributed by atoms with Gasteiger partial charge in [0.2, 0.25) is 5.78 Å². The summed E-state index contributed by atoms with van der Waals surface area (Å²) in [6.07, 6.45) is 4.06. The highest BCUT2D eigenvalue weighted by Gasteiger charge is 2.17. The lowest BCUT2D eigenvalue weighted by Gasteiger charge is -2.09. The maximum atomic E-state index is 12.2. The Morgan fingerprint density at radius 1 is 1.14 bits per heavy atom. The molecule has 0 aliphatic heterocycles. The van der Waals surface area contributed by atoms with Gasteiger partial charge < -0.3 is 14.2 Å². The molecule has 0 aliphatic carbocycles. The van der Waals surface area contributed by atoms with E-state index in [9.17, 15) is 9.59 Å². The molecule has 7 nitrogen and oxygen atoms in total. The Labute approximate surface area is 126 Å². The number of hydrogen-bond acceptors (Lipinski definition) is 7. The summed E-state index contributed by atoms with van der Waals surface area (Å²) in [4.78, 5) is 31.5. The van der Waals surface area contributed by atoms with Crippen LogP contribution in [0, 0.1) is 0 Å².